The Morgan fingerprint density at radius 2 is 2.21 bits per heavy atom. The highest BCUT2D eigenvalue weighted by Crippen LogP contribution is 2.25. The summed E-state index contributed by atoms with van der Waals surface area (Å²) in [6, 6.07) is 5.31. The van der Waals surface area contributed by atoms with Crippen molar-refractivity contribution in [3.8, 4) is 0 Å². The average Bonchev–Trinajstić information content (AvgIpc) is 2.18. The Hall–Kier alpha value is -0.990. The van der Waals surface area contributed by atoms with Gasteiger partial charge in [0.15, 0.2) is 0 Å². The summed E-state index contributed by atoms with van der Waals surface area (Å²) < 4.78 is 0. The van der Waals surface area contributed by atoms with Gasteiger partial charge in [-0.1, -0.05) is 17.7 Å². The number of nitrogen functional groups attached to an aromatic ring is 1. The molecule has 0 bridgehead atoms. The molecule has 0 saturated carbocycles. The molecule has 76 valence electrons. The molecule has 0 aliphatic heterocycles. The fourth-order valence-electron chi connectivity index (χ4n) is 1.32. The monoisotopic (exact) mass is 210 g/mol. The van der Waals surface area contributed by atoms with Crippen LogP contribution in [0.5, 0.6) is 0 Å². The quantitative estimate of drug-likeness (QED) is 0.593. The van der Waals surface area contributed by atoms with Crippen LogP contribution in [0.3, 0.4) is 0 Å². The summed E-state index contributed by atoms with van der Waals surface area (Å²) in [5, 5.41) is 0.670. The lowest BCUT2D eigenvalue weighted by Gasteiger charge is -2.13. The first-order chi connectivity index (χ1) is 6.65. The normalized spacial score (nSPS) is 12.4. The molecular weight excluding hydrogens is 196 g/mol. The van der Waals surface area contributed by atoms with E-state index in [0.29, 0.717) is 10.7 Å². The van der Waals surface area contributed by atoms with Crippen molar-refractivity contribution in [3.05, 3.63) is 41.4 Å². The molecule has 2 nitrogen and oxygen atoms in total. The van der Waals surface area contributed by atoms with Gasteiger partial charge >= 0.3 is 0 Å². The zero-order chi connectivity index (χ0) is 10.6. The number of nitrogens with two attached hydrogens (primary N) is 2. The van der Waals surface area contributed by atoms with Gasteiger partial charge in [0.1, 0.15) is 0 Å². The second-order valence-corrected chi connectivity index (χ2v) is 3.68. The molecule has 3 heteroatoms. The van der Waals surface area contributed by atoms with Crippen LogP contribution in [0.15, 0.2) is 30.9 Å². The average molecular weight is 211 g/mol. The lowest BCUT2D eigenvalue weighted by Crippen LogP contribution is -2.12. The fraction of sp³-hybridized carbons (Fsp3) is 0.273. The van der Waals surface area contributed by atoms with E-state index in [4.69, 9.17) is 23.1 Å². The third kappa shape index (κ3) is 2.76. The highest BCUT2D eigenvalue weighted by Gasteiger charge is 2.08. The zero-order valence-electron chi connectivity index (χ0n) is 8.04. The molecule has 4 N–H and O–H groups in total. The molecule has 0 unspecified atom stereocenters. The molecule has 1 atom stereocenters. The Bertz CT molecular complexity index is 323. The number of benzene rings is 1. The van der Waals surface area contributed by atoms with Gasteiger partial charge in [-0.25, -0.2) is 0 Å². The predicted molar refractivity (Wildman–Crippen MR) is 62.2 cm³/mol. The maximum absolute atomic E-state index is 5.96. The van der Waals surface area contributed by atoms with Gasteiger partial charge in [-0.05, 0) is 36.6 Å². The van der Waals surface area contributed by atoms with Crippen LogP contribution in [-0.2, 0) is 0 Å². The third-order valence-corrected chi connectivity index (χ3v) is 2.37. The molecule has 0 saturated heterocycles. The van der Waals surface area contributed by atoms with Gasteiger partial charge in [-0.15, -0.1) is 6.58 Å². The van der Waals surface area contributed by atoms with Gasteiger partial charge in [0.25, 0.3) is 0 Å². The van der Waals surface area contributed by atoms with Crippen molar-refractivity contribution in [1.82, 2.24) is 0 Å². The molecule has 0 aliphatic carbocycles. The largest absolute Gasteiger partial charge is 0.398 e. The van der Waals surface area contributed by atoms with Crippen LogP contribution in [0.4, 0.5) is 5.69 Å². The summed E-state index contributed by atoms with van der Waals surface area (Å²) in [6.45, 7) is 3.65. The highest BCUT2D eigenvalue weighted by atomic mass is 35.5. The van der Waals surface area contributed by atoms with E-state index in [9.17, 15) is 0 Å². The van der Waals surface area contributed by atoms with E-state index in [2.05, 4.69) is 6.58 Å². The van der Waals surface area contributed by atoms with Crippen molar-refractivity contribution < 1.29 is 0 Å². The molecule has 0 fully saturated rings. The Morgan fingerprint density at radius 1 is 1.50 bits per heavy atom. The van der Waals surface area contributed by atoms with E-state index >= 15 is 0 Å². The summed E-state index contributed by atoms with van der Waals surface area (Å²) in [7, 11) is 0. The maximum atomic E-state index is 5.96. The standard InChI is InChI=1S/C11H15ClN2/c1-2-3-4-10(13)9-7-8(12)5-6-11(9)14/h2,5-7,10H,1,3-4,13-14H2/t10-/m1/s1. The van der Waals surface area contributed by atoms with Crippen molar-refractivity contribution in [2.45, 2.75) is 18.9 Å². The van der Waals surface area contributed by atoms with Crippen molar-refractivity contribution in [3.63, 3.8) is 0 Å². The number of hydrogen-bond acceptors (Lipinski definition) is 2. The van der Waals surface area contributed by atoms with Crippen LogP contribution in [-0.4, -0.2) is 0 Å². The summed E-state index contributed by atoms with van der Waals surface area (Å²) in [5.74, 6) is 0. The van der Waals surface area contributed by atoms with E-state index in [0.717, 1.165) is 18.4 Å². The SMILES string of the molecule is C=CCC[C@@H](N)c1cc(Cl)ccc1N. The van der Waals surface area contributed by atoms with E-state index in [1.807, 2.05) is 12.1 Å². The first-order valence-corrected chi connectivity index (χ1v) is 4.94. The lowest BCUT2D eigenvalue weighted by atomic mass is 10.0. The van der Waals surface area contributed by atoms with Crippen LogP contribution in [0.25, 0.3) is 0 Å². The summed E-state index contributed by atoms with van der Waals surface area (Å²) >= 11 is 5.86. The van der Waals surface area contributed by atoms with Crippen molar-refractivity contribution >= 4 is 17.3 Å². The number of anilines is 1. The Morgan fingerprint density at radius 3 is 2.86 bits per heavy atom. The van der Waals surface area contributed by atoms with Crippen LogP contribution < -0.4 is 11.5 Å². The van der Waals surface area contributed by atoms with Gasteiger partial charge in [0, 0.05) is 16.8 Å². The Labute approximate surface area is 89.5 Å². The molecule has 0 amide bonds. The minimum Gasteiger partial charge on any atom is -0.398 e. The zero-order valence-corrected chi connectivity index (χ0v) is 8.80. The predicted octanol–water partition coefficient (Wildman–Crippen LogP) is 2.89. The molecule has 1 aromatic rings. The van der Waals surface area contributed by atoms with E-state index in [1.54, 1.807) is 12.1 Å². The van der Waals surface area contributed by atoms with Crippen LogP contribution in [0.2, 0.25) is 5.02 Å². The second kappa shape index (κ2) is 5.03. The van der Waals surface area contributed by atoms with E-state index in [1.165, 1.54) is 0 Å². The first-order valence-electron chi connectivity index (χ1n) is 4.56. The van der Waals surface area contributed by atoms with E-state index < -0.39 is 0 Å². The molecule has 1 aromatic carbocycles. The van der Waals surface area contributed by atoms with Gasteiger partial charge in [-0.2, -0.15) is 0 Å². The summed E-state index contributed by atoms with van der Waals surface area (Å²) in [5.41, 5.74) is 13.4. The van der Waals surface area contributed by atoms with Crippen molar-refractivity contribution in [2.75, 3.05) is 5.73 Å². The van der Waals surface area contributed by atoms with Gasteiger partial charge in [-0.3, -0.25) is 0 Å². The number of allylic oxidation sites excluding steroid dienone is 1. The Balaban J connectivity index is 2.82. The van der Waals surface area contributed by atoms with Crippen molar-refractivity contribution in [2.24, 2.45) is 5.73 Å². The molecule has 0 heterocycles. The molecule has 0 spiro atoms. The third-order valence-electron chi connectivity index (χ3n) is 2.13. The molecular formula is C11H15ClN2. The maximum Gasteiger partial charge on any atom is 0.0410 e. The molecule has 0 aromatic heterocycles. The lowest BCUT2D eigenvalue weighted by molar-refractivity contribution is 0.663. The summed E-state index contributed by atoms with van der Waals surface area (Å²) in [6.07, 6.45) is 3.57. The van der Waals surface area contributed by atoms with Gasteiger partial charge in [0.05, 0.1) is 0 Å². The van der Waals surface area contributed by atoms with Crippen LogP contribution in [0.1, 0.15) is 24.4 Å². The Kier molecular flexibility index (Phi) is 3.98. The molecule has 0 radical (unpaired) electrons. The molecule has 14 heavy (non-hydrogen) atoms. The topological polar surface area (TPSA) is 52.0 Å². The first kappa shape index (κ1) is 11.1. The highest BCUT2D eigenvalue weighted by molar-refractivity contribution is 6.30. The van der Waals surface area contributed by atoms with Crippen molar-refractivity contribution in [1.29, 1.82) is 0 Å². The minimum atomic E-state index is -0.0632. The van der Waals surface area contributed by atoms with Gasteiger partial charge < -0.3 is 11.5 Å². The van der Waals surface area contributed by atoms with Gasteiger partial charge in [0.2, 0.25) is 0 Å². The van der Waals surface area contributed by atoms with Crippen LogP contribution in [0, 0.1) is 0 Å². The smallest absolute Gasteiger partial charge is 0.0410 e. The molecule has 0 aliphatic rings. The summed E-state index contributed by atoms with van der Waals surface area (Å²) in [4.78, 5) is 0. The number of hydrogen-bond donors (Lipinski definition) is 2. The van der Waals surface area contributed by atoms with E-state index in [-0.39, 0.29) is 6.04 Å². The second-order valence-electron chi connectivity index (χ2n) is 3.25. The van der Waals surface area contributed by atoms with Crippen LogP contribution >= 0.6 is 11.6 Å². The molecule has 1 rings (SSSR count). The number of rotatable bonds is 4. The number of halogens is 1. The minimum absolute atomic E-state index is 0.0632. The fourth-order valence-corrected chi connectivity index (χ4v) is 1.50.